The van der Waals surface area contributed by atoms with Crippen molar-refractivity contribution in [3.63, 3.8) is 0 Å². The van der Waals surface area contributed by atoms with Gasteiger partial charge in [-0.1, -0.05) is 0 Å². The maximum atomic E-state index is 11.8. The summed E-state index contributed by atoms with van der Waals surface area (Å²) in [7, 11) is 1.57. The van der Waals surface area contributed by atoms with Crippen LogP contribution in [-0.4, -0.2) is 43.9 Å². The second-order valence-corrected chi connectivity index (χ2v) is 5.22. The number of rotatable bonds is 8. The van der Waals surface area contributed by atoms with Crippen LogP contribution in [-0.2, 0) is 14.3 Å². The zero-order valence-corrected chi connectivity index (χ0v) is 11.9. The normalized spacial score (nSPS) is 17.9. The molecule has 0 spiro atoms. The number of hydrogen-bond donors (Lipinski definition) is 3. The lowest BCUT2D eigenvalue weighted by atomic mass is 10.0. The summed E-state index contributed by atoms with van der Waals surface area (Å²) in [5.74, 6) is 0.474. The lowest BCUT2D eigenvalue weighted by Gasteiger charge is -2.16. The Kier molecular flexibility index (Phi) is 5.95. The minimum atomic E-state index is -0.509. The molecule has 1 saturated carbocycles. The molecule has 0 bridgehead atoms. The van der Waals surface area contributed by atoms with Gasteiger partial charge in [0.15, 0.2) is 0 Å². The molecule has 104 valence electrons. The zero-order chi connectivity index (χ0) is 13.6. The van der Waals surface area contributed by atoms with Crippen molar-refractivity contribution in [1.29, 1.82) is 0 Å². The molecule has 18 heavy (non-hydrogen) atoms. The van der Waals surface area contributed by atoms with Gasteiger partial charge in [-0.25, -0.2) is 0 Å². The summed E-state index contributed by atoms with van der Waals surface area (Å²) in [6.07, 6.45) is 2.57. The smallest absolute Gasteiger partial charge is 0.242 e. The maximum Gasteiger partial charge on any atom is 0.242 e. The quantitative estimate of drug-likeness (QED) is 0.442. The van der Waals surface area contributed by atoms with Gasteiger partial charge in [0.1, 0.15) is 6.04 Å². The fourth-order valence-corrected chi connectivity index (χ4v) is 2.12. The van der Waals surface area contributed by atoms with Gasteiger partial charge in [-0.2, -0.15) is 12.6 Å². The lowest BCUT2D eigenvalue weighted by Crippen LogP contribution is -2.46. The Morgan fingerprint density at radius 1 is 1.44 bits per heavy atom. The third-order valence-corrected chi connectivity index (χ3v) is 3.88. The summed E-state index contributed by atoms with van der Waals surface area (Å²) in [6.45, 7) is 2.60. The van der Waals surface area contributed by atoms with E-state index in [0.717, 1.165) is 18.6 Å². The summed E-state index contributed by atoms with van der Waals surface area (Å²) in [4.78, 5) is 23.4. The first-order valence-corrected chi connectivity index (χ1v) is 6.83. The minimum Gasteiger partial charge on any atom is -0.383 e. The highest BCUT2D eigenvalue weighted by Crippen LogP contribution is 2.49. The van der Waals surface area contributed by atoms with E-state index >= 15 is 0 Å². The molecule has 0 aromatic rings. The van der Waals surface area contributed by atoms with Crippen LogP contribution in [0.1, 0.15) is 26.2 Å². The first-order valence-electron chi connectivity index (χ1n) is 6.20. The van der Waals surface area contributed by atoms with E-state index in [1.54, 1.807) is 14.0 Å². The summed E-state index contributed by atoms with van der Waals surface area (Å²) >= 11 is 4.25. The Labute approximate surface area is 113 Å². The number of nitrogens with one attached hydrogen (secondary N) is 2. The predicted molar refractivity (Wildman–Crippen MR) is 72.6 cm³/mol. The maximum absolute atomic E-state index is 11.8. The molecule has 5 nitrogen and oxygen atoms in total. The Hall–Kier alpha value is -0.750. The Balaban J connectivity index is 2.24. The van der Waals surface area contributed by atoms with Crippen molar-refractivity contribution in [3.8, 4) is 0 Å². The van der Waals surface area contributed by atoms with Crippen molar-refractivity contribution in [3.05, 3.63) is 0 Å². The molecule has 0 aliphatic heterocycles. The van der Waals surface area contributed by atoms with E-state index < -0.39 is 6.04 Å². The van der Waals surface area contributed by atoms with E-state index in [9.17, 15) is 9.59 Å². The Morgan fingerprint density at radius 2 is 2.11 bits per heavy atom. The van der Waals surface area contributed by atoms with Gasteiger partial charge >= 0.3 is 0 Å². The zero-order valence-electron chi connectivity index (χ0n) is 11.0. The molecule has 2 amide bonds. The van der Waals surface area contributed by atoms with Crippen molar-refractivity contribution in [2.24, 2.45) is 5.41 Å². The highest BCUT2D eigenvalue weighted by Gasteiger charge is 2.43. The van der Waals surface area contributed by atoms with E-state index in [-0.39, 0.29) is 17.2 Å². The van der Waals surface area contributed by atoms with Crippen LogP contribution in [0.15, 0.2) is 0 Å². The second-order valence-electron chi connectivity index (χ2n) is 4.91. The average molecular weight is 274 g/mol. The number of thiol groups is 1. The number of amides is 2. The molecule has 0 aromatic heterocycles. The molecule has 6 heteroatoms. The SMILES string of the molecule is COCCNC(=O)C(C)NC(=O)CC1(CS)CC1. The molecule has 1 fully saturated rings. The van der Waals surface area contributed by atoms with Crippen LogP contribution >= 0.6 is 12.6 Å². The highest BCUT2D eigenvalue weighted by atomic mass is 32.1. The Bertz CT molecular complexity index is 306. The summed E-state index contributed by atoms with van der Waals surface area (Å²) in [5, 5.41) is 5.40. The molecule has 0 saturated heterocycles. The summed E-state index contributed by atoms with van der Waals surface area (Å²) < 4.78 is 4.83. The monoisotopic (exact) mass is 274 g/mol. The first kappa shape index (κ1) is 15.3. The van der Waals surface area contributed by atoms with Crippen molar-refractivity contribution in [2.45, 2.75) is 32.2 Å². The number of methoxy groups -OCH3 is 1. The van der Waals surface area contributed by atoms with Gasteiger partial charge in [-0.15, -0.1) is 0 Å². The summed E-state index contributed by atoms with van der Waals surface area (Å²) in [5.41, 5.74) is 0.0828. The van der Waals surface area contributed by atoms with E-state index in [0.29, 0.717) is 19.6 Å². The molecule has 1 atom stereocenters. The molecule has 0 aromatic carbocycles. The largest absolute Gasteiger partial charge is 0.383 e. The molecule has 1 rings (SSSR count). The standard InChI is InChI=1S/C12H22N2O3S/c1-9(11(16)13-5-6-17-2)14-10(15)7-12(8-18)3-4-12/h9,18H,3-8H2,1-2H3,(H,13,16)(H,14,15). The molecule has 1 aliphatic carbocycles. The van der Waals surface area contributed by atoms with Crippen LogP contribution in [0, 0.1) is 5.41 Å². The number of carbonyl (C=O) groups is 2. The fourth-order valence-electron chi connectivity index (χ4n) is 1.70. The van der Waals surface area contributed by atoms with Crippen molar-refractivity contribution < 1.29 is 14.3 Å². The van der Waals surface area contributed by atoms with E-state index in [2.05, 4.69) is 23.3 Å². The Morgan fingerprint density at radius 3 is 2.61 bits per heavy atom. The predicted octanol–water partition coefficient (Wildman–Crippen LogP) is 0.354. The van der Waals surface area contributed by atoms with Crippen LogP contribution in [0.4, 0.5) is 0 Å². The summed E-state index contributed by atoms with van der Waals surface area (Å²) in [6, 6.07) is -0.509. The van der Waals surface area contributed by atoms with E-state index in [4.69, 9.17) is 4.74 Å². The molecule has 0 radical (unpaired) electrons. The van der Waals surface area contributed by atoms with Gasteiger partial charge in [-0.3, -0.25) is 9.59 Å². The highest BCUT2D eigenvalue weighted by molar-refractivity contribution is 7.80. The first-order chi connectivity index (χ1) is 8.53. The van der Waals surface area contributed by atoms with Crippen molar-refractivity contribution >= 4 is 24.4 Å². The van der Waals surface area contributed by atoms with Crippen molar-refractivity contribution in [1.82, 2.24) is 10.6 Å². The average Bonchev–Trinajstić information content (AvgIpc) is 3.09. The molecule has 2 N–H and O–H groups in total. The van der Waals surface area contributed by atoms with Gasteiger partial charge < -0.3 is 15.4 Å². The second kappa shape index (κ2) is 6.99. The minimum absolute atomic E-state index is 0.0732. The van der Waals surface area contributed by atoms with Crippen LogP contribution in [0.5, 0.6) is 0 Å². The van der Waals surface area contributed by atoms with Crippen LogP contribution in [0.3, 0.4) is 0 Å². The van der Waals surface area contributed by atoms with Crippen LogP contribution in [0.25, 0.3) is 0 Å². The third kappa shape index (κ3) is 4.86. The fraction of sp³-hybridized carbons (Fsp3) is 0.833. The molecular weight excluding hydrogens is 252 g/mol. The van der Waals surface area contributed by atoms with Crippen LogP contribution in [0.2, 0.25) is 0 Å². The molecule has 1 aliphatic rings. The van der Waals surface area contributed by atoms with Gasteiger partial charge in [-0.05, 0) is 30.9 Å². The third-order valence-electron chi connectivity index (χ3n) is 3.20. The van der Waals surface area contributed by atoms with Crippen molar-refractivity contribution in [2.75, 3.05) is 26.0 Å². The van der Waals surface area contributed by atoms with Gasteiger partial charge in [0, 0.05) is 20.1 Å². The van der Waals surface area contributed by atoms with Gasteiger partial charge in [0.25, 0.3) is 0 Å². The van der Waals surface area contributed by atoms with Gasteiger partial charge in [0.05, 0.1) is 6.61 Å². The number of carbonyl (C=O) groups excluding carboxylic acids is 2. The van der Waals surface area contributed by atoms with Crippen LogP contribution < -0.4 is 10.6 Å². The van der Waals surface area contributed by atoms with E-state index in [1.165, 1.54) is 0 Å². The number of ether oxygens (including phenoxy) is 1. The topological polar surface area (TPSA) is 67.4 Å². The van der Waals surface area contributed by atoms with Gasteiger partial charge in [0.2, 0.25) is 11.8 Å². The number of hydrogen-bond acceptors (Lipinski definition) is 4. The molecular formula is C12H22N2O3S. The lowest BCUT2D eigenvalue weighted by molar-refractivity contribution is -0.129. The van der Waals surface area contributed by atoms with E-state index in [1.807, 2.05) is 0 Å². The molecule has 1 unspecified atom stereocenters. The molecule has 0 heterocycles.